The van der Waals surface area contributed by atoms with Crippen LogP contribution in [0.15, 0.2) is 28.7 Å². The highest BCUT2D eigenvalue weighted by atomic mass is 79.9. The summed E-state index contributed by atoms with van der Waals surface area (Å²) in [7, 11) is 0. The fraction of sp³-hybridized carbons (Fsp3) is 0.571. The third-order valence-corrected chi connectivity index (χ3v) is 3.79. The summed E-state index contributed by atoms with van der Waals surface area (Å²) in [5, 5.41) is 3.57. The second-order valence-corrected chi connectivity index (χ2v) is 5.24. The number of halogens is 1. The first-order valence-electron chi connectivity index (χ1n) is 6.16. The lowest BCUT2D eigenvalue weighted by atomic mass is 9.94. The largest absolute Gasteiger partial charge is 0.310 e. The maximum absolute atomic E-state index is 3.64. The molecule has 0 spiro atoms. The maximum atomic E-state index is 3.64. The van der Waals surface area contributed by atoms with Gasteiger partial charge in [0.1, 0.15) is 0 Å². The van der Waals surface area contributed by atoms with Crippen LogP contribution in [0.5, 0.6) is 0 Å². The van der Waals surface area contributed by atoms with Gasteiger partial charge in [-0.3, -0.25) is 0 Å². The van der Waals surface area contributed by atoms with Gasteiger partial charge in [0.2, 0.25) is 0 Å². The minimum absolute atomic E-state index is 0.468. The van der Waals surface area contributed by atoms with Crippen molar-refractivity contribution < 1.29 is 0 Å². The predicted molar refractivity (Wildman–Crippen MR) is 74.6 cm³/mol. The van der Waals surface area contributed by atoms with Gasteiger partial charge in [-0.15, -0.1) is 0 Å². The summed E-state index contributed by atoms with van der Waals surface area (Å²) in [6.45, 7) is 7.76. The first-order chi connectivity index (χ1) is 7.69. The molecule has 0 aliphatic heterocycles. The van der Waals surface area contributed by atoms with Gasteiger partial charge in [-0.2, -0.15) is 0 Å². The Morgan fingerprint density at radius 3 is 2.50 bits per heavy atom. The van der Waals surface area contributed by atoms with Crippen LogP contribution < -0.4 is 5.32 Å². The van der Waals surface area contributed by atoms with E-state index < -0.39 is 0 Å². The fourth-order valence-electron chi connectivity index (χ4n) is 1.89. The Bertz CT molecular complexity index is 311. The van der Waals surface area contributed by atoms with Crippen molar-refractivity contribution >= 4 is 15.9 Å². The van der Waals surface area contributed by atoms with Gasteiger partial charge in [0.25, 0.3) is 0 Å². The Kier molecular flexibility index (Phi) is 6.07. The molecule has 90 valence electrons. The zero-order valence-electron chi connectivity index (χ0n) is 10.5. The molecular formula is C14H22BrN. The predicted octanol–water partition coefficient (Wildman–Crippen LogP) is 4.54. The Balaban J connectivity index is 2.80. The molecule has 1 aromatic rings. The SMILES string of the molecule is CCNC(CC(C)CC)c1ccccc1Br. The van der Waals surface area contributed by atoms with Crippen molar-refractivity contribution in [3.05, 3.63) is 34.3 Å². The van der Waals surface area contributed by atoms with Crippen LogP contribution in [0.25, 0.3) is 0 Å². The van der Waals surface area contributed by atoms with E-state index in [1.165, 1.54) is 22.9 Å². The molecule has 0 saturated carbocycles. The molecule has 2 heteroatoms. The Labute approximate surface area is 108 Å². The molecule has 0 fully saturated rings. The topological polar surface area (TPSA) is 12.0 Å². The second kappa shape index (κ2) is 7.08. The van der Waals surface area contributed by atoms with Crippen LogP contribution in [0.3, 0.4) is 0 Å². The summed E-state index contributed by atoms with van der Waals surface area (Å²) in [5.41, 5.74) is 1.38. The van der Waals surface area contributed by atoms with Gasteiger partial charge in [-0.1, -0.05) is 61.3 Å². The lowest BCUT2D eigenvalue weighted by Crippen LogP contribution is -2.23. The van der Waals surface area contributed by atoms with Crippen molar-refractivity contribution in [1.82, 2.24) is 5.32 Å². The normalized spacial score (nSPS) is 14.8. The average Bonchev–Trinajstić information content (AvgIpc) is 2.29. The van der Waals surface area contributed by atoms with Gasteiger partial charge in [-0.25, -0.2) is 0 Å². The fourth-order valence-corrected chi connectivity index (χ4v) is 2.45. The van der Waals surface area contributed by atoms with E-state index in [2.05, 4.69) is 66.3 Å². The Morgan fingerprint density at radius 1 is 1.25 bits per heavy atom. The summed E-state index contributed by atoms with van der Waals surface area (Å²) in [4.78, 5) is 0. The van der Waals surface area contributed by atoms with Crippen LogP contribution in [0.4, 0.5) is 0 Å². The quantitative estimate of drug-likeness (QED) is 0.809. The first-order valence-corrected chi connectivity index (χ1v) is 6.96. The molecular weight excluding hydrogens is 262 g/mol. The van der Waals surface area contributed by atoms with Crippen molar-refractivity contribution in [3.63, 3.8) is 0 Å². The van der Waals surface area contributed by atoms with Crippen molar-refractivity contribution in [2.75, 3.05) is 6.54 Å². The third kappa shape index (κ3) is 3.91. The van der Waals surface area contributed by atoms with Crippen LogP contribution in [0, 0.1) is 5.92 Å². The minimum Gasteiger partial charge on any atom is -0.310 e. The zero-order chi connectivity index (χ0) is 12.0. The number of hydrogen-bond acceptors (Lipinski definition) is 1. The highest BCUT2D eigenvalue weighted by Crippen LogP contribution is 2.28. The molecule has 2 atom stereocenters. The summed E-state index contributed by atoms with van der Waals surface area (Å²) < 4.78 is 1.21. The van der Waals surface area contributed by atoms with Crippen molar-refractivity contribution in [2.45, 2.75) is 39.7 Å². The highest BCUT2D eigenvalue weighted by Gasteiger charge is 2.15. The van der Waals surface area contributed by atoms with E-state index in [9.17, 15) is 0 Å². The van der Waals surface area contributed by atoms with E-state index in [1.807, 2.05) is 0 Å². The monoisotopic (exact) mass is 283 g/mol. The zero-order valence-corrected chi connectivity index (χ0v) is 12.0. The number of benzene rings is 1. The van der Waals surface area contributed by atoms with Crippen molar-refractivity contribution in [3.8, 4) is 0 Å². The summed E-state index contributed by atoms with van der Waals surface area (Å²) >= 11 is 3.64. The van der Waals surface area contributed by atoms with Crippen LogP contribution in [-0.2, 0) is 0 Å². The lowest BCUT2D eigenvalue weighted by molar-refractivity contribution is 0.407. The van der Waals surface area contributed by atoms with Crippen LogP contribution >= 0.6 is 15.9 Å². The minimum atomic E-state index is 0.468. The molecule has 2 unspecified atom stereocenters. The standard InChI is InChI=1S/C14H22BrN/c1-4-11(3)10-14(16-5-2)12-8-6-7-9-13(12)15/h6-9,11,14,16H,4-5,10H2,1-3H3. The number of rotatable bonds is 6. The summed E-state index contributed by atoms with van der Waals surface area (Å²) in [5.74, 6) is 0.760. The Hall–Kier alpha value is -0.340. The average molecular weight is 284 g/mol. The van der Waals surface area contributed by atoms with Crippen molar-refractivity contribution in [2.24, 2.45) is 5.92 Å². The molecule has 0 aliphatic rings. The van der Waals surface area contributed by atoms with Crippen LogP contribution in [0.2, 0.25) is 0 Å². The van der Waals surface area contributed by atoms with Crippen LogP contribution in [-0.4, -0.2) is 6.54 Å². The van der Waals surface area contributed by atoms with Gasteiger partial charge in [-0.05, 0) is 30.5 Å². The summed E-state index contributed by atoms with van der Waals surface area (Å²) in [6.07, 6.45) is 2.44. The Morgan fingerprint density at radius 2 is 1.94 bits per heavy atom. The third-order valence-electron chi connectivity index (χ3n) is 3.07. The molecule has 1 nitrogen and oxygen atoms in total. The molecule has 16 heavy (non-hydrogen) atoms. The number of nitrogens with one attached hydrogen (secondary N) is 1. The molecule has 0 saturated heterocycles. The van der Waals surface area contributed by atoms with Gasteiger partial charge in [0.05, 0.1) is 0 Å². The smallest absolute Gasteiger partial charge is 0.0333 e. The second-order valence-electron chi connectivity index (χ2n) is 4.38. The molecule has 1 rings (SSSR count). The molecule has 0 aromatic heterocycles. The van der Waals surface area contributed by atoms with Gasteiger partial charge in [0.15, 0.2) is 0 Å². The molecule has 1 aromatic carbocycles. The molecule has 1 N–H and O–H groups in total. The summed E-state index contributed by atoms with van der Waals surface area (Å²) in [6, 6.07) is 8.98. The van der Waals surface area contributed by atoms with E-state index >= 15 is 0 Å². The molecule has 0 radical (unpaired) electrons. The highest BCUT2D eigenvalue weighted by molar-refractivity contribution is 9.10. The van der Waals surface area contributed by atoms with Gasteiger partial charge >= 0.3 is 0 Å². The maximum Gasteiger partial charge on any atom is 0.0333 e. The van der Waals surface area contributed by atoms with Gasteiger partial charge < -0.3 is 5.32 Å². The molecule has 0 heterocycles. The van der Waals surface area contributed by atoms with E-state index in [-0.39, 0.29) is 0 Å². The molecule has 0 aliphatic carbocycles. The van der Waals surface area contributed by atoms with Crippen molar-refractivity contribution in [1.29, 1.82) is 0 Å². The lowest BCUT2D eigenvalue weighted by Gasteiger charge is -2.22. The molecule has 0 bridgehead atoms. The van der Waals surface area contributed by atoms with E-state index in [0.29, 0.717) is 6.04 Å². The first kappa shape index (κ1) is 13.7. The van der Waals surface area contributed by atoms with E-state index in [0.717, 1.165) is 12.5 Å². The van der Waals surface area contributed by atoms with E-state index in [1.54, 1.807) is 0 Å². The number of hydrogen-bond donors (Lipinski definition) is 1. The van der Waals surface area contributed by atoms with E-state index in [4.69, 9.17) is 0 Å². The molecule has 0 amide bonds. The van der Waals surface area contributed by atoms with Gasteiger partial charge in [0, 0.05) is 10.5 Å². The van der Waals surface area contributed by atoms with Crippen LogP contribution in [0.1, 0.15) is 45.2 Å².